The molecule has 4 heterocycles. The Balaban J connectivity index is 1.06. The Hall–Kier alpha value is -4.56. The molecule has 0 aliphatic carbocycles. The van der Waals surface area contributed by atoms with Gasteiger partial charge in [-0.1, -0.05) is 79.2 Å². The quantitative estimate of drug-likeness (QED) is 0.157. The summed E-state index contributed by atoms with van der Waals surface area (Å²) in [6.07, 6.45) is 0.634. The van der Waals surface area contributed by atoms with Crippen LogP contribution in [0.3, 0.4) is 0 Å². The number of ether oxygens (including phenoxy) is 1. The van der Waals surface area contributed by atoms with Gasteiger partial charge in [0.2, 0.25) is 5.91 Å². The van der Waals surface area contributed by atoms with Crippen molar-refractivity contribution in [2.45, 2.75) is 75.2 Å². The highest BCUT2D eigenvalue weighted by Gasteiger charge is 2.66. The van der Waals surface area contributed by atoms with Crippen LogP contribution in [0.1, 0.15) is 42.9 Å². The number of nitrogens with zero attached hydrogens (tertiary/aromatic N) is 4. The Morgan fingerprint density at radius 3 is 2.24 bits per heavy atom. The minimum Gasteiger partial charge on any atom is -0.432 e. The summed E-state index contributed by atoms with van der Waals surface area (Å²) in [7, 11) is -3.05. The number of rotatable bonds is 11. The molecule has 8 rings (SSSR count). The third-order valence-corrected chi connectivity index (χ3v) is 15.5. The van der Waals surface area contributed by atoms with Gasteiger partial charge in [-0.2, -0.15) is 0 Å². The Morgan fingerprint density at radius 1 is 0.914 bits per heavy atom. The van der Waals surface area contributed by atoms with E-state index in [9.17, 15) is 19.5 Å². The molecule has 0 aromatic heterocycles. The minimum absolute atomic E-state index is 0.0556. The van der Waals surface area contributed by atoms with Crippen molar-refractivity contribution in [1.82, 2.24) is 10.2 Å². The topological polar surface area (TPSA) is 126 Å². The van der Waals surface area contributed by atoms with Gasteiger partial charge in [0.15, 0.2) is 13.9 Å². The van der Waals surface area contributed by atoms with E-state index >= 15 is 4.79 Å². The summed E-state index contributed by atoms with van der Waals surface area (Å²) in [5, 5.41) is 13.7. The summed E-state index contributed by atoms with van der Waals surface area (Å²) in [6, 6.07) is 32.9. The van der Waals surface area contributed by atoms with Crippen molar-refractivity contribution < 1.29 is 29.0 Å². The molecule has 3 fully saturated rings. The molecule has 58 heavy (non-hydrogen) atoms. The van der Waals surface area contributed by atoms with E-state index in [0.717, 1.165) is 48.4 Å². The molecule has 3 saturated heterocycles. The molecule has 0 bridgehead atoms. The Bertz CT molecular complexity index is 2150. The first kappa shape index (κ1) is 40.2. The monoisotopic (exact) mass is 821 g/mol. The molecule has 2 spiro atoms. The first-order valence-electron chi connectivity index (χ1n) is 20.3. The molecule has 304 valence electrons. The Kier molecular flexibility index (Phi) is 11.0. The van der Waals surface area contributed by atoms with E-state index in [4.69, 9.17) is 16.3 Å². The zero-order valence-corrected chi connectivity index (χ0v) is 35.1. The molecule has 4 atom stereocenters. The molecule has 11 nitrogen and oxygen atoms in total. The molecule has 13 heteroatoms. The number of halogens is 1. The van der Waals surface area contributed by atoms with E-state index in [2.05, 4.69) is 22.3 Å². The van der Waals surface area contributed by atoms with Gasteiger partial charge in [0.25, 0.3) is 11.8 Å². The zero-order chi connectivity index (χ0) is 40.8. The van der Waals surface area contributed by atoms with Gasteiger partial charge in [-0.05, 0) is 92.6 Å². The van der Waals surface area contributed by atoms with Gasteiger partial charge in [0.05, 0.1) is 38.0 Å². The molecular formula is C45H52ClN5O6Si. The van der Waals surface area contributed by atoms with Gasteiger partial charge in [-0.3, -0.25) is 19.3 Å². The number of aliphatic hydroxyl groups excluding tert-OH is 1. The van der Waals surface area contributed by atoms with Crippen molar-refractivity contribution in [2.24, 2.45) is 5.92 Å². The summed E-state index contributed by atoms with van der Waals surface area (Å²) in [4.78, 5) is 62.6. The van der Waals surface area contributed by atoms with Crippen molar-refractivity contribution in [3.8, 4) is 0 Å². The number of amides is 3. The van der Waals surface area contributed by atoms with Crippen molar-refractivity contribution in [1.29, 1.82) is 0 Å². The van der Waals surface area contributed by atoms with Gasteiger partial charge in [0, 0.05) is 46.5 Å². The second kappa shape index (κ2) is 15.9. The molecule has 4 aliphatic rings. The van der Waals surface area contributed by atoms with E-state index in [-0.39, 0.29) is 43.8 Å². The average molecular weight is 822 g/mol. The predicted octanol–water partition coefficient (Wildman–Crippen LogP) is 6.03. The van der Waals surface area contributed by atoms with Gasteiger partial charge >= 0.3 is 0 Å². The number of hydrogen-bond acceptors (Lipinski definition) is 8. The maximum absolute atomic E-state index is 15.1. The van der Waals surface area contributed by atoms with Gasteiger partial charge in [0.1, 0.15) is 5.54 Å². The second-order valence-corrected chi connectivity index (χ2v) is 21.1. The summed E-state index contributed by atoms with van der Waals surface area (Å²) < 4.78 is 6.93. The van der Waals surface area contributed by atoms with Crippen LogP contribution < -0.4 is 20.0 Å². The molecular weight excluding hydrogens is 770 g/mol. The Morgan fingerprint density at radius 2 is 1.59 bits per heavy atom. The highest BCUT2D eigenvalue weighted by Crippen LogP contribution is 2.60. The summed E-state index contributed by atoms with van der Waals surface area (Å²) in [5.74, 6) is -0.876. The highest BCUT2D eigenvalue weighted by atomic mass is 35.5. The van der Waals surface area contributed by atoms with Crippen LogP contribution in [-0.4, -0.2) is 85.4 Å². The van der Waals surface area contributed by atoms with Crippen LogP contribution >= 0.6 is 11.6 Å². The lowest BCUT2D eigenvalue weighted by Crippen LogP contribution is -2.55. The second-order valence-electron chi connectivity index (χ2n) is 16.7. The van der Waals surface area contributed by atoms with Crippen molar-refractivity contribution in [3.63, 3.8) is 0 Å². The number of hydrogen-bond donors (Lipinski definition) is 3. The van der Waals surface area contributed by atoms with E-state index in [1.165, 1.54) is 0 Å². The number of benzene rings is 4. The third kappa shape index (κ3) is 7.03. The van der Waals surface area contributed by atoms with Crippen LogP contribution in [-0.2, 0) is 37.8 Å². The van der Waals surface area contributed by atoms with Crippen LogP contribution in [0.2, 0.25) is 23.7 Å². The molecule has 4 aromatic carbocycles. The van der Waals surface area contributed by atoms with Gasteiger partial charge in [-0.25, -0.2) is 0 Å². The summed E-state index contributed by atoms with van der Waals surface area (Å²) in [5.41, 5.74) is 2.35. The van der Waals surface area contributed by atoms with Crippen molar-refractivity contribution in [3.05, 3.63) is 125 Å². The summed E-state index contributed by atoms with van der Waals surface area (Å²) >= 11 is 6.63. The fourth-order valence-corrected chi connectivity index (χ4v) is 12.8. The average Bonchev–Trinajstić information content (AvgIpc) is 3.76. The fourth-order valence-electron chi connectivity index (χ4n) is 10.1. The van der Waals surface area contributed by atoms with Gasteiger partial charge < -0.3 is 34.7 Å². The van der Waals surface area contributed by atoms with E-state index in [0.29, 0.717) is 29.5 Å². The molecule has 0 radical (unpaired) electrons. The maximum Gasteiger partial charge on any atom is 0.264 e. The van der Waals surface area contributed by atoms with Crippen LogP contribution in [0.25, 0.3) is 0 Å². The number of nitrogens with one attached hydrogen (secondary N) is 1. The number of fused-ring (bicyclic) bond motifs is 2. The van der Waals surface area contributed by atoms with E-state index in [1.54, 1.807) is 21.9 Å². The van der Waals surface area contributed by atoms with Crippen LogP contribution in [0, 0.1) is 5.92 Å². The first-order valence-corrected chi connectivity index (χ1v) is 23.7. The lowest BCUT2D eigenvalue weighted by Gasteiger charge is -2.39. The van der Waals surface area contributed by atoms with E-state index in [1.807, 2.05) is 104 Å². The minimum atomic E-state index is -3.05. The molecule has 4 aromatic rings. The summed E-state index contributed by atoms with van der Waals surface area (Å²) in [6.45, 7) is 8.09. The number of piperidine rings is 1. The van der Waals surface area contributed by atoms with Crippen LogP contribution in [0.5, 0.6) is 0 Å². The molecule has 0 unspecified atom stereocenters. The van der Waals surface area contributed by atoms with E-state index < -0.39 is 37.0 Å². The smallest absolute Gasteiger partial charge is 0.264 e. The normalized spacial score (nSPS) is 24.0. The predicted molar refractivity (Wildman–Crippen MR) is 228 cm³/mol. The lowest BCUT2D eigenvalue weighted by molar-refractivity contribution is -0.150. The SMILES string of the molecule is C[C@@H]1[C@@H]([Si](C)(C)O)[C@H](CC(=O)N(CCO)Cc2ccccc2)O[C@@]12C(=O)N(Cc1ccc(N3CN(c4ccccc4)C4(CCNCC4)C3=O)cc1)c1ccc(Cl)cc12. The molecule has 3 amide bonds. The van der Waals surface area contributed by atoms with Crippen LogP contribution in [0.15, 0.2) is 103 Å². The number of carbonyl (C=O) groups is 3. The van der Waals surface area contributed by atoms with Gasteiger partial charge in [-0.15, -0.1) is 0 Å². The van der Waals surface area contributed by atoms with Crippen molar-refractivity contribution >= 4 is 54.7 Å². The number of para-hydroxylation sites is 1. The zero-order valence-electron chi connectivity index (χ0n) is 33.3. The number of carbonyl (C=O) groups excluding carboxylic acids is 3. The standard InChI is InChI=1S/C45H52ClN5O6Si/c1-31-41(58(2,3)56)39(27-40(53)48(24-25-52)28-32-10-6-4-7-11-32)57-45(31)37-26-34(46)16-19-38(37)49(43(45)55)29-33-14-17-35(18-15-33)50-30-51(36-12-8-5-9-13-36)44(42(50)54)20-22-47-23-21-44/h4-19,26,31,39,41,47,52,56H,20-25,27-30H2,1-3H3/t31-,39+,41-,45+/m1/s1. The maximum atomic E-state index is 15.1. The fraction of sp³-hybridized carbons (Fsp3) is 0.400. The largest absolute Gasteiger partial charge is 0.432 e. The molecule has 0 saturated carbocycles. The molecule has 3 N–H and O–H groups in total. The third-order valence-electron chi connectivity index (χ3n) is 12.8. The first-order chi connectivity index (χ1) is 27.9. The lowest BCUT2D eigenvalue weighted by atomic mass is 9.82. The number of aliphatic hydroxyl groups is 1. The number of anilines is 3. The highest BCUT2D eigenvalue weighted by molar-refractivity contribution is 6.71. The van der Waals surface area contributed by atoms with Crippen LogP contribution in [0.4, 0.5) is 17.1 Å². The van der Waals surface area contributed by atoms with Crippen molar-refractivity contribution in [2.75, 3.05) is 47.6 Å². The Labute approximate surface area is 346 Å². The molecule has 4 aliphatic heterocycles.